The molecule has 0 unspecified atom stereocenters. The largest absolute Gasteiger partial charge is 0.481 e. The number of aliphatic carboxylic acids is 1. The molecule has 0 bridgehead atoms. The molecule has 176 valence electrons. The van der Waals surface area contributed by atoms with Crippen molar-refractivity contribution in [3.63, 3.8) is 0 Å². The zero-order valence-electron chi connectivity index (χ0n) is 19.1. The quantitative estimate of drug-likeness (QED) is 0.554. The molecule has 1 atom stereocenters. The van der Waals surface area contributed by atoms with E-state index in [4.69, 9.17) is 10.1 Å². The molecule has 0 aliphatic carbocycles. The first-order valence-electron chi connectivity index (χ1n) is 11.0. The summed E-state index contributed by atoms with van der Waals surface area (Å²) in [6, 6.07) is 6.65. The number of carboxylic acids is 1. The van der Waals surface area contributed by atoms with Gasteiger partial charge in [-0.15, -0.1) is 0 Å². The number of anilines is 1. The number of nitrogens with zero attached hydrogens (tertiary/aromatic N) is 4. The Labute approximate surface area is 190 Å². The number of carbonyl (C=O) groups is 1. The van der Waals surface area contributed by atoms with Gasteiger partial charge >= 0.3 is 12.1 Å². The Kier molecular flexibility index (Phi) is 5.62. The molecule has 3 heterocycles. The summed E-state index contributed by atoms with van der Waals surface area (Å²) in [5.74, 6) is 0.0951. The minimum absolute atomic E-state index is 0.119. The highest BCUT2D eigenvalue weighted by Gasteiger charge is 2.39. The van der Waals surface area contributed by atoms with Crippen LogP contribution in [0.5, 0.6) is 0 Å². The molecular formula is C24H27F3N4O2. The number of carboxylic acid groups (broad SMARTS) is 1. The monoisotopic (exact) mass is 460 g/mol. The van der Waals surface area contributed by atoms with E-state index in [9.17, 15) is 23.1 Å². The maximum Gasteiger partial charge on any atom is 0.416 e. The molecule has 1 aliphatic heterocycles. The van der Waals surface area contributed by atoms with Crippen molar-refractivity contribution in [1.82, 2.24) is 14.6 Å². The summed E-state index contributed by atoms with van der Waals surface area (Å²) in [6.45, 7) is 8.83. The van der Waals surface area contributed by atoms with Crippen LogP contribution in [0.1, 0.15) is 56.4 Å². The molecule has 0 radical (unpaired) electrons. The third-order valence-corrected chi connectivity index (χ3v) is 6.40. The topological polar surface area (TPSA) is 70.7 Å². The first kappa shape index (κ1) is 23.1. The van der Waals surface area contributed by atoms with Crippen molar-refractivity contribution in [3.05, 3.63) is 47.2 Å². The number of hydrogen-bond donors (Lipinski definition) is 1. The minimum Gasteiger partial charge on any atom is -0.481 e. The molecule has 0 saturated carbocycles. The molecule has 9 heteroatoms. The Morgan fingerprint density at radius 3 is 2.45 bits per heavy atom. The lowest BCUT2D eigenvalue weighted by Gasteiger charge is -2.40. The van der Waals surface area contributed by atoms with Gasteiger partial charge in [-0.25, -0.2) is 4.98 Å². The van der Waals surface area contributed by atoms with Crippen molar-refractivity contribution in [2.24, 2.45) is 5.41 Å². The van der Waals surface area contributed by atoms with E-state index in [-0.39, 0.29) is 5.92 Å². The average molecular weight is 461 g/mol. The van der Waals surface area contributed by atoms with Crippen LogP contribution in [0.3, 0.4) is 0 Å². The SMILES string of the molecule is Cc1nc2cc(-c3ccc(C(F)(F)F)cc3)nn2c(N2CCC[C@@](C)(C(=O)O)C2)c1C(C)C. The Bertz CT molecular complexity index is 1200. The van der Waals surface area contributed by atoms with Gasteiger partial charge in [0.1, 0.15) is 5.82 Å². The van der Waals surface area contributed by atoms with Crippen molar-refractivity contribution in [2.75, 3.05) is 18.0 Å². The zero-order chi connectivity index (χ0) is 24.1. The minimum atomic E-state index is -4.40. The molecular weight excluding hydrogens is 433 g/mol. The second-order valence-corrected chi connectivity index (χ2v) is 9.35. The van der Waals surface area contributed by atoms with Crippen LogP contribution in [-0.4, -0.2) is 38.8 Å². The molecule has 3 aromatic rings. The second-order valence-electron chi connectivity index (χ2n) is 9.35. The summed E-state index contributed by atoms with van der Waals surface area (Å²) >= 11 is 0. The number of benzene rings is 1. The van der Waals surface area contributed by atoms with Gasteiger partial charge in [0.25, 0.3) is 0 Å². The molecule has 1 aliphatic rings. The summed E-state index contributed by atoms with van der Waals surface area (Å²) in [4.78, 5) is 18.7. The van der Waals surface area contributed by atoms with Gasteiger partial charge in [0.05, 0.1) is 16.7 Å². The molecule has 1 aromatic carbocycles. The zero-order valence-corrected chi connectivity index (χ0v) is 19.1. The normalized spacial score (nSPS) is 19.5. The van der Waals surface area contributed by atoms with Gasteiger partial charge in [0, 0.05) is 36.0 Å². The Morgan fingerprint density at radius 2 is 1.88 bits per heavy atom. The van der Waals surface area contributed by atoms with Gasteiger partial charge in [0.15, 0.2) is 5.65 Å². The highest BCUT2D eigenvalue weighted by atomic mass is 19.4. The third kappa shape index (κ3) is 4.16. The predicted molar refractivity (Wildman–Crippen MR) is 119 cm³/mol. The highest BCUT2D eigenvalue weighted by Crippen LogP contribution is 2.38. The van der Waals surface area contributed by atoms with E-state index in [0.717, 1.165) is 35.6 Å². The van der Waals surface area contributed by atoms with Gasteiger partial charge in [-0.1, -0.05) is 26.0 Å². The summed E-state index contributed by atoms with van der Waals surface area (Å²) in [7, 11) is 0. The molecule has 1 saturated heterocycles. The van der Waals surface area contributed by atoms with Gasteiger partial charge in [0.2, 0.25) is 0 Å². The second kappa shape index (κ2) is 8.04. The van der Waals surface area contributed by atoms with Crippen LogP contribution in [0.2, 0.25) is 0 Å². The Hall–Kier alpha value is -3.10. The van der Waals surface area contributed by atoms with Gasteiger partial charge < -0.3 is 10.0 Å². The van der Waals surface area contributed by atoms with Crippen molar-refractivity contribution in [1.29, 1.82) is 0 Å². The van der Waals surface area contributed by atoms with E-state index >= 15 is 0 Å². The maximum atomic E-state index is 13.0. The number of alkyl halides is 3. The van der Waals surface area contributed by atoms with Crippen LogP contribution in [0.4, 0.5) is 19.0 Å². The van der Waals surface area contributed by atoms with Crippen molar-refractivity contribution < 1.29 is 23.1 Å². The number of aromatic nitrogens is 3. The lowest BCUT2D eigenvalue weighted by Crippen LogP contribution is -2.47. The number of halogens is 3. The van der Waals surface area contributed by atoms with Crippen LogP contribution in [-0.2, 0) is 11.0 Å². The van der Waals surface area contributed by atoms with Crippen molar-refractivity contribution >= 4 is 17.4 Å². The molecule has 1 fully saturated rings. The molecule has 6 nitrogen and oxygen atoms in total. The number of fused-ring (bicyclic) bond motifs is 1. The first-order valence-corrected chi connectivity index (χ1v) is 11.0. The number of hydrogen-bond acceptors (Lipinski definition) is 4. The molecule has 0 amide bonds. The van der Waals surface area contributed by atoms with Crippen LogP contribution < -0.4 is 4.90 Å². The molecule has 4 rings (SSSR count). The Morgan fingerprint density at radius 1 is 1.21 bits per heavy atom. The molecule has 0 spiro atoms. The van der Waals surface area contributed by atoms with Gasteiger partial charge in [-0.3, -0.25) is 4.79 Å². The fourth-order valence-corrected chi connectivity index (χ4v) is 4.66. The van der Waals surface area contributed by atoms with Crippen LogP contribution >= 0.6 is 0 Å². The maximum absolute atomic E-state index is 13.0. The third-order valence-electron chi connectivity index (χ3n) is 6.40. The van der Waals surface area contributed by atoms with E-state index in [0.29, 0.717) is 36.4 Å². The van der Waals surface area contributed by atoms with E-state index < -0.39 is 23.1 Å². The average Bonchev–Trinajstić information content (AvgIpc) is 3.15. The fourth-order valence-electron chi connectivity index (χ4n) is 4.66. The predicted octanol–water partition coefficient (Wildman–Crippen LogP) is 5.54. The lowest BCUT2D eigenvalue weighted by molar-refractivity contribution is -0.148. The van der Waals surface area contributed by atoms with Crippen LogP contribution in [0.15, 0.2) is 30.3 Å². The standard InChI is InChI=1S/C24H27F3N4O2/c1-14(2)20-15(3)28-19-12-18(16-6-8-17(9-7-16)24(25,26)27)29-31(19)21(20)30-11-5-10-23(4,13-30)22(32)33/h6-9,12,14H,5,10-11,13H2,1-4H3,(H,32,33)/t23-/m1/s1. The van der Waals surface area contributed by atoms with Crippen molar-refractivity contribution in [3.8, 4) is 11.3 Å². The fraction of sp³-hybridized carbons (Fsp3) is 0.458. The summed E-state index contributed by atoms with van der Waals surface area (Å²) in [6.07, 6.45) is -3.07. The van der Waals surface area contributed by atoms with E-state index in [1.165, 1.54) is 12.1 Å². The van der Waals surface area contributed by atoms with E-state index in [1.54, 1.807) is 17.5 Å². The van der Waals surface area contributed by atoms with Crippen LogP contribution in [0, 0.1) is 12.3 Å². The summed E-state index contributed by atoms with van der Waals surface area (Å²) in [5.41, 5.74) is 1.86. The van der Waals surface area contributed by atoms with Crippen molar-refractivity contribution in [2.45, 2.75) is 52.6 Å². The Balaban J connectivity index is 1.86. The number of piperidine rings is 1. The molecule has 33 heavy (non-hydrogen) atoms. The molecule has 1 N–H and O–H groups in total. The summed E-state index contributed by atoms with van der Waals surface area (Å²) < 4.78 is 40.6. The lowest BCUT2D eigenvalue weighted by atomic mass is 9.81. The van der Waals surface area contributed by atoms with E-state index in [2.05, 4.69) is 18.7 Å². The number of rotatable bonds is 4. The van der Waals surface area contributed by atoms with Crippen LogP contribution in [0.25, 0.3) is 16.9 Å². The highest BCUT2D eigenvalue weighted by molar-refractivity contribution is 5.76. The number of aryl methyl sites for hydroxylation is 1. The van der Waals surface area contributed by atoms with E-state index in [1.807, 2.05) is 6.92 Å². The smallest absolute Gasteiger partial charge is 0.416 e. The first-order chi connectivity index (χ1) is 15.4. The van der Waals surface area contributed by atoms with Gasteiger partial charge in [-0.2, -0.15) is 22.8 Å². The molecule has 2 aromatic heterocycles. The summed E-state index contributed by atoms with van der Waals surface area (Å²) in [5, 5.41) is 14.5. The van der Waals surface area contributed by atoms with Gasteiger partial charge in [-0.05, 0) is 44.7 Å².